The van der Waals surface area contributed by atoms with Crippen LogP contribution in [0.3, 0.4) is 0 Å². The SMILES string of the molecule is CC(C)=C(C)c1c([N+](=O)[O-])ccc(/C(O)=C2/C(=O)C(C)C(=O)C(C)(C)C2=O)c1C. The molecular formula is C22H25NO6. The summed E-state index contributed by atoms with van der Waals surface area (Å²) in [5.74, 6) is -3.60. The van der Waals surface area contributed by atoms with Crippen LogP contribution in [0.25, 0.3) is 11.3 Å². The summed E-state index contributed by atoms with van der Waals surface area (Å²) in [4.78, 5) is 48.9. The number of aliphatic hydroxyl groups is 1. The van der Waals surface area contributed by atoms with Crippen molar-refractivity contribution in [2.45, 2.75) is 48.5 Å². The topological polar surface area (TPSA) is 115 Å². The van der Waals surface area contributed by atoms with Gasteiger partial charge in [0.15, 0.2) is 17.3 Å². The number of rotatable bonds is 3. The van der Waals surface area contributed by atoms with Gasteiger partial charge in [-0.15, -0.1) is 0 Å². The molecule has 1 aliphatic carbocycles. The van der Waals surface area contributed by atoms with Crippen LogP contribution >= 0.6 is 0 Å². The second-order valence-electron chi connectivity index (χ2n) is 8.14. The second-order valence-corrected chi connectivity index (χ2v) is 8.14. The normalized spacial score (nSPS) is 20.5. The molecule has 0 heterocycles. The predicted molar refractivity (Wildman–Crippen MR) is 109 cm³/mol. The number of carbonyl (C=O) groups is 3. The van der Waals surface area contributed by atoms with E-state index in [0.29, 0.717) is 16.7 Å². The molecule has 0 aliphatic heterocycles. The molecule has 1 aliphatic rings. The summed E-state index contributed by atoms with van der Waals surface area (Å²) in [5.41, 5.74) is 0.381. The van der Waals surface area contributed by atoms with Gasteiger partial charge in [-0.1, -0.05) is 5.57 Å². The third kappa shape index (κ3) is 3.41. The minimum absolute atomic E-state index is 0.132. The first-order valence-electron chi connectivity index (χ1n) is 9.24. The fourth-order valence-corrected chi connectivity index (χ4v) is 3.60. The molecule has 1 unspecified atom stereocenters. The van der Waals surface area contributed by atoms with Crippen molar-refractivity contribution < 1.29 is 24.4 Å². The van der Waals surface area contributed by atoms with Gasteiger partial charge in [-0.3, -0.25) is 24.5 Å². The smallest absolute Gasteiger partial charge is 0.277 e. The van der Waals surface area contributed by atoms with E-state index >= 15 is 0 Å². The molecule has 2 rings (SSSR count). The number of benzene rings is 1. The van der Waals surface area contributed by atoms with Gasteiger partial charge in [-0.25, -0.2) is 0 Å². The molecule has 1 atom stereocenters. The fourth-order valence-electron chi connectivity index (χ4n) is 3.60. The molecule has 154 valence electrons. The molecule has 1 aromatic carbocycles. The van der Waals surface area contributed by atoms with Crippen molar-refractivity contribution >= 4 is 34.4 Å². The fraction of sp³-hybridized carbons (Fsp3) is 0.409. The molecule has 1 N–H and O–H groups in total. The Hall–Kier alpha value is -3.09. The maximum Gasteiger partial charge on any atom is 0.277 e. The Kier molecular flexibility index (Phi) is 5.65. The van der Waals surface area contributed by atoms with Crippen LogP contribution in [0.5, 0.6) is 0 Å². The molecule has 0 radical (unpaired) electrons. The van der Waals surface area contributed by atoms with Crippen molar-refractivity contribution in [2.75, 3.05) is 0 Å². The highest BCUT2D eigenvalue weighted by Crippen LogP contribution is 2.39. The standard InChI is InChI=1S/C22H25NO6/c1-10(2)11(3)16-12(4)14(8-9-15(16)23(28)29)19(25)17-18(24)13(5)20(26)22(6,7)21(17)27/h8-9,13,25H,1-7H3/b19-17+. The summed E-state index contributed by atoms with van der Waals surface area (Å²) in [6.45, 7) is 11.2. The van der Waals surface area contributed by atoms with Crippen LogP contribution in [-0.4, -0.2) is 27.4 Å². The third-order valence-corrected chi connectivity index (χ3v) is 5.70. The zero-order chi connectivity index (χ0) is 22.4. The molecule has 1 saturated carbocycles. The molecule has 0 bridgehead atoms. The van der Waals surface area contributed by atoms with E-state index in [1.54, 1.807) is 13.8 Å². The Morgan fingerprint density at radius 1 is 1.14 bits per heavy atom. The molecular weight excluding hydrogens is 374 g/mol. The van der Waals surface area contributed by atoms with Gasteiger partial charge >= 0.3 is 0 Å². The lowest BCUT2D eigenvalue weighted by Crippen LogP contribution is -2.48. The Labute approximate surface area is 169 Å². The lowest BCUT2D eigenvalue weighted by molar-refractivity contribution is -0.385. The number of allylic oxidation sites excluding steroid dienone is 3. The Balaban J connectivity index is 2.87. The van der Waals surface area contributed by atoms with E-state index in [-0.39, 0.29) is 11.3 Å². The average Bonchev–Trinajstić information content (AvgIpc) is 2.64. The molecule has 1 aromatic rings. The molecule has 7 heteroatoms. The largest absolute Gasteiger partial charge is 0.506 e. The van der Waals surface area contributed by atoms with Gasteiger partial charge in [-0.2, -0.15) is 0 Å². The van der Waals surface area contributed by atoms with Crippen LogP contribution < -0.4 is 0 Å². The van der Waals surface area contributed by atoms with E-state index < -0.39 is 44.9 Å². The second kappa shape index (κ2) is 7.39. The van der Waals surface area contributed by atoms with Gasteiger partial charge < -0.3 is 5.11 Å². The monoisotopic (exact) mass is 399 g/mol. The van der Waals surface area contributed by atoms with E-state index in [2.05, 4.69) is 0 Å². The van der Waals surface area contributed by atoms with Crippen LogP contribution in [-0.2, 0) is 14.4 Å². The van der Waals surface area contributed by atoms with Crippen molar-refractivity contribution in [3.05, 3.63) is 50.1 Å². The highest BCUT2D eigenvalue weighted by Gasteiger charge is 2.50. The van der Waals surface area contributed by atoms with Crippen molar-refractivity contribution in [1.82, 2.24) is 0 Å². The summed E-state index contributed by atoms with van der Waals surface area (Å²) in [6.07, 6.45) is 0. The van der Waals surface area contributed by atoms with Gasteiger partial charge in [0.2, 0.25) is 0 Å². The lowest BCUT2D eigenvalue weighted by atomic mass is 9.67. The van der Waals surface area contributed by atoms with E-state index in [1.807, 2.05) is 13.8 Å². The van der Waals surface area contributed by atoms with Crippen LogP contribution in [0.15, 0.2) is 23.3 Å². The molecule has 29 heavy (non-hydrogen) atoms. The number of nitro groups is 1. The average molecular weight is 399 g/mol. The first-order valence-corrected chi connectivity index (χ1v) is 9.24. The summed E-state index contributed by atoms with van der Waals surface area (Å²) >= 11 is 0. The zero-order valence-corrected chi connectivity index (χ0v) is 17.7. The number of carbonyl (C=O) groups excluding carboxylic acids is 3. The highest BCUT2D eigenvalue weighted by atomic mass is 16.6. The van der Waals surface area contributed by atoms with Gasteiger partial charge in [0.25, 0.3) is 5.69 Å². The number of ketones is 3. The Morgan fingerprint density at radius 3 is 2.17 bits per heavy atom. The van der Waals surface area contributed by atoms with Gasteiger partial charge in [0, 0.05) is 11.6 Å². The number of aliphatic hydroxyl groups excluding tert-OH is 1. The van der Waals surface area contributed by atoms with Crippen LogP contribution in [0.1, 0.15) is 58.2 Å². The minimum Gasteiger partial charge on any atom is -0.506 e. The number of hydrogen-bond donors (Lipinski definition) is 1. The van der Waals surface area contributed by atoms with E-state index in [1.165, 1.54) is 32.9 Å². The summed E-state index contributed by atoms with van der Waals surface area (Å²) in [5, 5.41) is 22.4. The van der Waals surface area contributed by atoms with Crippen LogP contribution in [0.2, 0.25) is 0 Å². The number of hydrogen-bond acceptors (Lipinski definition) is 6. The number of nitrogens with zero attached hydrogens (tertiary/aromatic N) is 1. The molecule has 0 spiro atoms. The van der Waals surface area contributed by atoms with Crippen LogP contribution in [0, 0.1) is 28.4 Å². The van der Waals surface area contributed by atoms with Crippen molar-refractivity contribution in [3.8, 4) is 0 Å². The summed E-state index contributed by atoms with van der Waals surface area (Å²) in [7, 11) is 0. The zero-order valence-electron chi connectivity index (χ0n) is 17.7. The van der Waals surface area contributed by atoms with Gasteiger partial charge in [0.05, 0.1) is 21.8 Å². The molecule has 0 saturated heterocycles. The summed E-state index contributed by atoms with van der Waals surface area (Å²) in [6, 6.07) is 2.57. The molecule has 0 aromatic heterocycles. The minimum atomic E-state index is -1.44. The van der Waals surface area contributed by atoms with Gasteiger partial charge in [0.1, 0.15) is 11.3 Å². The number of Topliss-reactive ketones (excluding diaryl/α,β-unsaturated/α-hetero) is 3. The van der Waals surface area contributed by atoms with Crippen molar-refractivity contribution in [2.24, 2.45) is 11.3 Å². The van der Waals surface area contributed by atoms with Crippen molar-refractivity contribution in [1.29, 1.82) is 0 Å². The Morgan fingerprint density at radius 2 is 1.69 bits per heavy atom. The Bertz CT molecular complexity index is 1020. The van der Waals surface area contributed by atoms with E-state index in [9.17, 15) is 29.6 Å². The van der Waals surface area contributed by atoms with E-state index in [4.69, 9.17) is 0 Å². The lowest BCUT2D eigenvalue weighted by Gasteiger charge is -2.31. The van der Waals surface area contributed by atoms with E-state index in [0.717, 1.165) is 5.57 Å². The predicted octanol–water partition coefficient (Wildman–Crippen LogP) is 4.37. The van der Waals surface area contributed by atoms with Crippen LogP contribution in [0.4, 0.5) is 5.69 Å². The first kappa shape index (κ1) is 22.2. The first-order chi connectivity index (χ1) is 13.2. The maximum absolute atomic E-state index is 12.9. The molecule has 0 amide bonds. The van der Waals surface area contributed by atoms with Crippen molar-refractivity contribution in [3.63, 3.8) is 0 Å². The molecule has 7 nitrogen and oxygen atoms in total. The summed E-state index contributed by atoms with van der Waals surface area (Å²) < 4.78 is 0. The maximum atomic E-state index is 12.9. The number of nitro benzene ring substituents is 1. The highest BCUT2D eigenvalue weighted by molar-refractivity contribution is 6.38. The molecule has 1 fully saturated rings. The van der Waals surface area contributed by atoms with Gasteiger partial charge in [-0.05, 0) is 65.7 Å². The third-order valence-electron chi connectivity index (χ3n) is 5.70. The quantitative estimate of drug-likeness (QED) is 0.202.